The van der Waals surface area contributed by atoms with Crippen LogP contribution in [0.2, 0.25) is 0 Å². The minimum Gasteiger partial charge on any atom is -0.497 e. The van der Waals surface area contributed by atoms with Gasteiger partial charge in [0.2, 0.25) is 0 Å². The smallest absolute Gasteiger partial charge is 0.411 e. The minimum absolute atomic E-state index is 0.264. The highest BCUT2D eigenvalue weighted by Crippen LogP contribution is 2.26. The summed E-state index contributed by atoms with van der Waals surface area (Å²) < 4.78 is 16.3. The van der Waals surface area contributed by atoms with Crippen LogP contribution < -0.4 is 20.3 Å². The number of carbonyl (C=O) groups excluding carboxylic acids is 1. The maximum Gasteiger partial charge on any atom is 0.411 e. The number of rotatable bonds is 13. The van der Waals surface area contributed by atoms with Crippen molar-refractivity contribution >= 4 is 34.6 Å². The summed E-state index contributed by atoms with van der Waals surface area (Å²) in [6, 6.07) is 9.94. The fourth-order valence-corrected chi connectivity index (χ4v) is 5.80. The maximum atomic E-state index is 12.2. The van der Waals surface area contributed by atoms with Gasteiger partial charge in [0, 0.05) is 60.1 Å². The summed E-state index contributed by atoms with van der Waals surface area (Å²) in [5.74, 6) is 1.72. The number of morpholine rings is 1. The number of carbonyl (C=O) groups is 1. The summed E-state index contributed by atoms with van der Waals surface area (Å²) in [6.45, 7) is 12.3. The molecule has 1 aromatic carbocycles. The van der Waals surface area contributed by atoms with Crippen LogP contribution in [0.4, 0.5) is 22.0 Å². The molecular weight excluding hydrogens is 538 g/mol. The Bertz CT molecular complexity index is 1290. The predicted molar refractivity (Wildman–Crippen MR) is 166 cm³/mol. The fourth-order valence-electron chi connectivity index (χ4n) is 4.63. The van der Waals surface area contributed by atoms with Crippen molar-refractivity contribution in [3.8, 4) is 5.75 Å². The van der Waals surface area contributed by atoms with E-state index in [4.69, 9.17) is 24.2 Å². The number of benzene rings is 1. The first-order chi connectivity index (χ1) is 19.8. The van der Waals surface area contributed by atoms with Crippen LogP contribution >= 0.6 is 11.3 Å². The van der Waals surface area contributed by atoms with E-state index in [1.165, 1.54) is 9.88 Å². The summed E-state index contributed by atoms with van der Waals surface area (Å²) in [7, 11) is 1.61. The number of thiazole rings is 1. The largest absolute Gasteiger partial charge is 0.497 e. The van der Waals surface area contributed by atoms with Gasteiger partial charge in [0.15, 0.2) is 0 Å². The zero-order chi connectivity index (χ0) is 29.2. The molecule has 10 heteroatoms. The molecule has 0 bridgehead atoms. The predicted octanol–water partition coefficient (Wildman–Crippen LogP) is 6.25. The van der Waals surface area contributed by atoms with Crippen LogP contribution in [0, 0.1) is 12.8 Å². The monoisotopic (exact) mass is 581 g/mol. The van der Waals surface area contributed by atoms with E-state index in [-0.39, 0.29) is 5.92 Å². The van der Waals surface area contributed by atoms with E-state index in [2.05, 4.69) is 41.5 Å². The molecule has 1 aliphatic rings. The average Bonchev–Trinajstić information content (AvgIpc) is 3.33. The van der Waals surface area contributed by atoms with E-state index in [1.807, 2.05) is 37.3 Å². The number of hydrogen-bond acceptors (Lipinski definition) is 9. The van der Waals surface area contributed by atoms with Gasteiger partial charge in [0.05, 0.1) is 37.6 Å². The van der Waals surface area contributed by atoms with Gasteiger partial charge < -0.3 is 24.4 Å². The molecule has 1 saturated heterocycles. The third-order valence-corrected chi connectivity index (χ3v) is 8.00. The number of ether oxygens (including phenoxy) is 3. The highest BCUT2D eigenvalue weighted by molar-refractivity contribution is 7.11. The van der Waals surface area contributed by atoms with Crippen LogP contribution in [-0.2, 0) is 35.3 Å². The lowest BCUT2D eigenvalue weighted by Gasteiger charge is -2.29. The Kier molecular flexibility index (Phi) is 11.2. The Labute approximate surface area is 247 Å². The molecule has 0 saturated carbocycles. The Hall–Kier alpha value is -3.37. The van der Waals surface area contributed by atoms with E-state index in [9.17, 15) is 4.79 Å². The van der Waals surface area contributed by atoms with Crippen LogP contribution in [0.25, 0.3) is 0 Å². The van der Waals surface area contributed by atoms with Crippen LogP contribution in [0.5, 0.6) is 5.75 Å². The molecule has 2 aromatic heterocycles. The second kappa shape index (κ2) is 15.0. The molecule has 0 aliphatic carbocycles. The van der Waals surface area contributed by atoms with E-state index in [0.717, 1.165) is 80.4 Å². The van der Waals surface area contributed by atoms with Crippen molar-refractivity contribution in [3.05, 3.63) is 57.2 Å². The number of hydrogen-bond donors (Lipinski definition) is 2. The van der Waals surface area contributed by atoms with Crippen molar-refractivity contribution in [2.45, 2.75) is 59.9 Å². The summed E-state index contributed by atoms with van der Waals surface area (Å²) in [5, 5.41) is 7.48. The third-order valence-electron chi connectivity index (χ3n) is 6.72. The molecule has 222 valence electrons. The normalized spacial score (nSPS) is 13.4. The first kappa shape index (κ1) is 30.6. The first-order valence-corrected chi connectivity index (χ1v) is 15.3. The molecule has 3 aromatic rings. The fraction of sp³-hybridized carbons (Fsp3) is 0.516. The minimum atomic E-state index is -0.479. The van der Waals surface area contributed by atoms with Crippen LogP contribution in [0.15, 0.2) is 30.3 Å². The molecule has 1 amide bonds. The molecule has 3 heterocycles. The standard InChI is InChI=1S/C31H43N5O4S/c1-6-7-28-22(4)33-30(41-28)9-8-24-16-26(36-10-12-39-13-11-36)18-29(34-24)32-19-23-14-25(17-27(15-23)38-5)35-31(37)40-20-21(2)3/h14-18,21H,6-13,19-20H2,1-5H3,(H,32,34)(H,35,37). The third kappa shape index (κ3) is 9.33. The summed E-state index contributed by atoms with van der Waals surface area (Å²) in [5.41, 5.74) is 4.90. The molecule has 1 aliphatic heterocycles. The lowest BCUT2D eigenvalue weighted by atomic mass is 10.1. The highest BCUT2D eigenvalue weighted by Gasteiger charge is 2.15. The van der Waals surface area contributed by atoms with Crippen LogP contribution in [0.1, 0.15) is 54.0 Å². The van der Waals surface area contributed by atoms with Gasteiger partial charge in [0.25, 0.3) is 0 Å². The van der Waals surface area contributed by atoms with Crippen molar-refractivity contribution in [3.63, 3.8) is 0 Å². The van der Waals surface area contributed by atoms with Gasteiger partial charge in [-0.2, -0.15) is 0 Å². The van der Waals surface area contributed by atoms with Crippen LogP contribution in [0.3, 0.4) is 0 Å². The van der Waals surface area contributed by atoms with Gasteiger partial charge >= 0.3 is 6.09 Å². The van der Waals surface area contributed by atoms with E-state index in [0.29, 0.717) is 24.6 Å². The number of nitrogens with one attached hydrogen (secondary N) is 2. The summed E-state index contributed by atoms with van der Waals surface area (Å²) in [4.78, 5) is 25.8. The van der Waals surface area contributed by atoms with Gasteiger partial charge in [-0.25, -0.2) is 14.8 Å². The highest BCUT2D eigenvalue weighted by atomic mass is 32.1. The molecule has 41 heavy (non-hydrogen) atoms. The topological polar surface area (TPSA) is 97.8 Å². The molecule has 1 fully saturated rings. The van der Waals surface area contributed by atoms with Gasteiger partial charge in [-0.3, -0.25) is 5.32 Å². The molecule has 0 unspecified atom stereocenters. The lowest BCUT2D eigenvalue weighted by molar-refractivity contribution is 0.122. The number of aromatic nitrogens is 2. The van der Waals surface area contributed by atoms with Crippen molar-refractivity contribution in [2.75, 3.05) is 55.6 Å². The van der Waals surface area contributed by atoms with E-state index >= 15 is 0 Å². The number of anilines is 3. The molecule has 0 atom stereocenters. The molecule has 4 rings (SSSR count). The summed E-state index contributed by atoms with van der Waals surface area (Å²) in [6.07, 6.45) is 3.42. The molecular formula is C31H43N5O4S. The van der Waals surface area contributed by atoms with Crippen molar-refractivity contribution in [1.82, 2.24) is 9.97 Å². The zero-order valence-corrected chi connectivity index (χ0v) is 25.7. The number of nitrogens with zero attached hydrogens (tertiary/aromatic N) is 3. The van der Waals surface area contributed by atoms with Gasteiger partial charge in [-0.15, -0.1) is 11.3 Å². The van der Waals surface area contributed by atoms with Crippen molar-refractivity contribution in [2.24, 2.45) is 5.92 Å². The number of aryl methyl sites for hydroxylation is 4. The van der Waals surface area contributed by atoms with Gasteiger partial charge in [0.1, 0.15) is 11.6 Å². The van der Waals surface area contributed by atoms with Crippen molar-refractivity contribution in [1.29, 1.82) is 0 Å². The molecule has 0 radical (unpaired) electrons. The number of amides is 1. The maximum absolute atomic E-state index is 12.2. The first-order valence-electron chi connectivity index (χ1n) is 14.5. The summed E-state index contributed by atoms with van der Waals surface area (Å²) >= 11 is 1.83. The van der Waals surface area contributed by atoms with Gasteiger partial charge in [-0.1, -0.05) is 27.2 Å². The second-order valence-corrected chi connectivity index (χ2v) is 11.9. The number of methoxy groups -OCH3 is 1. The van der Waals surface area contributed by atoms with E-state index in [1.54, 1.807) is 13.2 Å². The molecule has 0 spiro atoms. The van der Waals surface area contributed by atoms with Gasteiger partial charge in [-0.05, 0) is 49.4 Å². The lowest BCUT2D eigenvalue weighted by Crippen LogP contribution is -2.36. The molecule has 9 nitrogen and oxygen atoms in total. The Balaban J connectivity index is 1.49. The Morgan fingerprint density at radius 2 is 1.90 bits per heavy atom. The quantitative estimate of drug-likeness (QED) is 0.245. The zero-order valence-electron chi connectivity index (χ0n) is 24.9. The SMILES string of the molecule is CCCc1sc(CCc2cc(N3CCOCC3)cc(NCc3cc(NC(=O)OCC(C)C)cc(OC)c3)n2)nc1C. The van der Waals surface area contributed by atoms with Crippen molar-refractivity contribution < 1.29 is 19.0 Å². The Morgan fingerprint density at radius 3 is 2.63 bits per heavy atom. The van der Waals surface area contributed by atoms with E-state index < -0.39 is 6.09 Å². The second-order valence-electron chi connectivity index (χ2n) is 10.7. The Morgan fingerprint density at radius 1 is 1.10 bits per heavy atom. The average molecular weight is 582 g/mol. The number of pyridine rings is 1. The van der Waals surface area contributed by atoms with Crippen LogP contribution in [-0.4, -0.2) is 56.1 Å². The molecule has 2 N–H and O–H groups in total.